The van der Waals surface area contributed by atoms with Crippen LogP contribution in [0.1, 0.15) is 52.3 Å². The Bertz CT molecular complexity index is 1090. The predicted octanol–water partition coefficient (Wildman–Crippen LogP) is 5.40. The molecule has 0 aromatic carbocycles. The summed E-state index contributed by atoms with van der Waals surface area (Å²) in [6.07, 6.45) is 15.4. The van der Waals surface area contributed by atoms with Crippen LogP contribution in [-0.4, -0.2) is 50.8 Å². The normalized spacial score (nSPS) is 19.4. The Kier molecular flexibility index (Phi) is 7.86. The Hall–Kier alpha value is -2.92. The predicted molar refractivity (Wildman–Crippen MR) is 133 cm³/mol. The van der Waals surface area contributed by atoms with Gasteiger partial charge in [-0.2, -0.15) is 0 Å². The molecule has 0 saturated carbocycles. The number of carbonyl (C=O) groups excluding carboxylic acids is 1. The lowest BCUT2D eigenvalue weighted by molar-refractivity contribution is -0.124. The molecule has 32 heavy (non-hydrogen) atoms. The van der Waals surface area contributed by atoms with E-state index in [1.807, 2.05) is 67.7 Å². The van der Waals surface area contributed by atoms with Crippen LogP contribution in [0, 0.1) is 6.92 Å². The van der Waals surface area contributed by atoms with Crippen molar-refractivity contribution < 1.29 is 4.79 Å². The molecule has 0 radical (unpaired) electrons. The number of rotatable bonds is 4. The highest BCUT2D eigenvalue weighted by Gasteiger charge is 2.21. The van der Waals surface area contributed by atoms with Gasteiger partial charge in [-0.3, -0.25) is 9.69 Å². The Labute approximate surface area is 192 Å². The van der Waals surface area contributed by atoms with Gasteiger partial charge in [0.1, 0.15) is 5.65 Å². The van der Waals surface area contributed by atoms with Crippen molar-refractivity contribution in [3.8, 4) is 0 Å². The van der Waals surface area contributed by atoms with Crippen LogP contribution in [0.3, 0.4) is 0 Å². The van der Waals surface area contributed by atoms with Crippen LogP contribution < -0.4 is 0 Å². The van der Waals surface area contributed by atoms with Gasteiger partial charge in [0.2, 0.25) is 0 Å². The van der Waals surface area contributed by atoms with Crippen LogP contribution in [0.25, 0.3) is 11.2 Å². The second kappa shape index (κ2) is 10.6. The molecule has 0 bridgehead atoms. The fraction of sp³-hybridized carbons (Fsp3) is 0.407. The third-order valence-corrected chi connectivity index (χ3v) is 6.00. The number of aromatic nitrogens is 2. The summed E-state index contributed by atoms with van der Waals surface area (Å²) in [5.74, 6) is 0.00959. The fourth-order valence-electron chi connectivity index (χ4n) is 4.06. The number of allylic oxidation sites excluding steroid dienone is 3. The zero-order chi connectivity index (χ0) is 23.3. The number of carbonyl (C=O) groups is 1. The van der Waals surface area contributed by atoms with Crippen molar-refractivity contribution in [1.29, 1.82) is 0 Å². The Morgan fingerprint density at radius 3 is 2.72 bits per heavy atom. The summed E-state index contributed by atoms with van der Waals surface area (Å²) in [5.41, 5.74) is 6.35. The third kappa shape index (κ3) is 5.28. The molecule has 0 N–H and O–H groups in total. The van der Waals surface area contributed by atoms with E-state index >= 15 is 0 Å². The first-order chi connectivity index (χ1) is 15.4. The van der Waals surface area contributed by atoms with E-state index in [2.05, 4.69) is 42.0 Å². The summed E-state index contributed by atoms with van der Waals surface area (Å²) in [5, 5.41) is 0. The number of pyridine rings is 1. The second-order valence-electron chi connectivity index (χ2n) is 8.20. The highest BCUT2D eigenvalue weighted by Crippen LogP contribution is 2.25. The number of amides is 1. The molecule has 4 heterocycles. The van der Waals surface area contributed by atoms with Crippen molar-refractivity contribution in [3.05, 3.63) is 77.4 Å². The van der Waals surface area contributed by atoms with Crippen LogP contribution in [-0.2, 0) is 4.79 Å². The van der Waals surface area contributed by atoms with E-state index in [0.29, 0.717) is 0 Å². The monoisotopic (exact) mass is 432 g/mol. The van der Waals surface area contributed by atoms with Crippen molar-refractivity contribution in [1.82, 2.24) is 19.2 Å². The SMILES string of the molecule is CC.CCN1CC=C(C2=CN(C(=O)/C=C(\C)c3ccc4nc(C)cn4c3)C(C)C=C2)CC1. The average molecular weight is 433 g/mol. The smallest absolute Gasteiger partial charge is 0.251 e. The molecule has 1 unspecified atom stereocenters. The molecule has 0 aliphatic carbocycles. The number of likely N-dealkylation sites (N-methyl/N-ethyl adjacent to an activating group) is 1. The second-order valence-corrected chi connectivity index (χ2v) is 8.20. The van der Waals surface area contributed by atoms with Gasteiger partial charge in [-0.1, -0.05) is 39.0 Å². The van der Waals surface area contributed by atoms with Crippen LogP contribution in [0.4, 0.5) is 0 Å². The molecule has 170 valence electrons. The summed E-state index contributed by atoms with van der Waals surface area (Å²) in [6, 6.07) is 4.05. The van der Waals surface area contributed by atoms with E-state index in [-0.39, 0.29) is 11.9 Å². The first-order valence-electron chi connectivity index (χ1n) is 11.7. The molecule has 1 amide bonds. The third-order valence-electron chi connectivity index (χ3n) is 6.00. The summed E-state index contributed by atoms with van der Waals surface area (Å²) < 4.78 is 2.01. The summed E-state index contributed by atoms with van der Waals surface area (Å²) in [7, 11) is 0. The maximum atomic E-state index is 13.1. The number of fused-ring (bicyclic) bond motifs is 1. The lowest BCUT2D eigenvalue weighted by Crippen LogP contribution is -2.34. The van der Waals surface area contributed by atoms with Gasteiger partial charge < -0.3 is 9.30 Å². The van der Waals surface area contributed by atoms with Crippen molar-refractivity contribution in [2.45, 2.75) is 54.0 Å². The van der Waals surface area contributed by atoms with Gasteiger partial charge in [0.05, 0.1) is 11.7 Å². The van der Waals surface area contributed by atoms with Gasteiger partial charge >= 0.3 is 0 Å². The van der Waals surface area contributed by atoms with E-state index in [4.69, 9.17) is 0 Å². The molecular formula is C27H36N4O. The molecule has 2 aliphatic rings. The maximum Gasteiger partial charge on any atom is 0.251 e. The number of aryl methyl sites for hydroxylation is 1. The molecule has 4 rings (SSSR count). The standard InChI is InChI=1S/C25H30N4O.C2H6/c1-5-27-12-10-21(11-13-27)23-7-6-20(4)29(17-23)25(30)14-18(2)22-8-9-24-26-19(3)15-28(24)16-22;1-2/h6-10,14-17,20H,5,11-13H2,1-4H3;1-2H3/b18-14+;. The van der Waals surface area contributed by atoms with E-state index in [1.165, 1.54) is 5.57 Å². The van der Waals surface area contributed by atoms with Gasteiger partial charge in [-0.05, 0) is 68.2 Å². The Morgan fingerprint density at radius 1 is 1.25 bits per heavy atom. The minimum absolute atomic E-state index is 0.00959. The zero-order valence-electron chi connectivity index (χ0n) is 20.3. The topological polar surface area (TPSA) is 40.8 Å². The Morgan fingerprint density at radius 2 is 2.03 bits per heavy atom. The number of imidazole rings is 1. The first kappa shape index (κ1) is 23.7. The highest BCUT2D eigenvalue weighted by molar-refractivity contribution is 5.96. The van der Waals surface area contributed by atoms with E-state index < -0.39 is 0 Å². The Balaban J connectivity index is 0.00000141. The van der Waals surface area contributed by atoms with Gasteiger partial charge in [0.25, 0.3) is 5.91 Å². The molecule has 1 atom stereocenters. The highest BCUT2D eigenvalue weighted by atomic mass is 16.2. The number of hydrogen-bond donors (Lipinski definition) is 0. The van der Waals surface area contributed by atoms with E-state index in [9.17, 15) is 4.79 Å². The van der Waals surface area contributed by atoms with Crippen LogP contribution in [0.2, 0.25) is 0 Å². The van der Waals surface area contributed by atoms with Gasteiger partial charge in [0.15, 0.2) is 0 Å². The van der Waals surface area contributed by atoms with Gasteiger partial charge in [-0.15, -0.1) is 0 Å². The van der Waals surface area contributed by atoms with Gasteiger partial charge in [0, 0.05) is 37.8 Å². The quantitative estimate of drug-likeness (QED) is 0.608. The molecule has 2 aliphatic heterocycles. The molecule has 0 fully saturated rings. The average Bonchev–Trinajstić information content (AvgIpc) is 3.20. The van der Waals surface area contributed by atoms with Gasteiger partial charge in [-0.25, -0.2) is 4.98 Å². The zero-order valence-corrected chi connectivity index (χ0v) is 20.3. The van der Waals surface area contributed by atoms with Crippen molar-refractivity contribution >= 4 is 17.1 Å². The van der Waals surface area contributed by atoms with Crippen molar-refractivity contribution in [2.24, 2.45) is 0 Å². The lowest BCUT2D eigenvalue weighted by Gasteiger charge is -2.30. The van der Waals surface area contributed by atoms with Crippen molar-refractivity contribution in [2.75, 3.05) is 19.6 Å². The molecular weight excluding hydrogens is 396 g/mol. The number of hydrogen-bond acceptors (Lipinski definition) is 3. The van der Waals surface area contributed by atoms with E-state index in [0.717, 1.165) is 54.1 Å². The summed E-state index contributed by atoms with van der Waals surface area (Å²) >= 11 is 0. The number of nitrogens with zero attached hydrogens (tertiary/aromatic N) is 4. The summed E-state index contributed by atoms with van der Waals surface area (Å²) in [4.78, 5) is 21.8. The largest absolute Gasteiger partial charge is 0.308 e. The molecule has 0 saturated heterocycles. The molecule has 0 spiro atoms. The first-order valence-corrected chi connectivity index (χ1v) is 11.7. The fourth-order valence-corrected chi connectivity index (χ4v) is 4.06. The van der Waals surface area contributed by atoms with Crippen LogP contribution in [0.15, 0.2) is 66.2 Å². The molecule has 5 nitrogen and oxygen atoms in total. The minimum Gasteiger partial charge on any atom is -0.308 e. The maximum absolute atomic E-state index is 13.1. The molecule has 2 aromatic rings. The minimum atomic E-state index is 0.00959. The van der Waals surface area contributed by atoms with Crippen molar-refractivity contribution in [3.63, 3.8) is 0 Å². The van der Waals surface area contributed by atoms with Crippen LogP contribution in [0.5, 0.6) is 0 Å². The van der Waals surface area contributed by atoms with E-state index in [1.54, 1.807) is 6.08 Å². The summed E-state index contributed by atoms with van der Waals surface area (Å²) in [6.45, 7) is 15.4. The molecule has 5 heteroatoms. The lowest BCUT2D eigenvalue weighted by atomic mass is 9.96. The van der Waals surface area contributed by atoms with Crippen LogP contribution >= 0.6 is 0 Å². The molecule has 2 aromatic heterocycles.